The fourth-order valence-electron chi connectivity index (χ4n) is 2.24. The number of aryl methyl sites for hydroxylation is 1. The summed E-state index contributed by atoms with van der Waals surface area (Å²) in [7, 11) is 1.69. The standard InChI is InChI=1S/C15H13IN2O2/c1-18-12-6-5-10(8-13(12)20-15(18)19)14(17)9-3-2-4-11(16)7-9/h2-8,14H,17H2,1H3. The largest absolute Gasteiger partial charge is 0.419 e. The van der Waals surface area contributed by atoms with Crippen molar-refractivity contribution in [2.45, 2.75) is 6.04 Å². The van der Waals surface area contributed by atoms with Gasteiger partial charge in [0.05, 0.1) is 11.6 Å². The smallest absolute Gasteiger partial charge is 0.408 e. The van der Waals surface area contributed by atoms with Crippen LogP contribution >= 0.6 is 22.6 Å². The molecule has 3 aromatic rings. The third kappa shape index (κ3) is 2.27. The van der Waals surface area contributed by atoms with Gasteiger partial charge in [0.1, 0.15) is 0 Å². The van der Waals surface area contributed by atoms with Crippen LogP contribution in [0.4, 0.5) is 0 Å². The van der Waals surface area contributed by atoms with E-state index >= 15 is 0 Å². The maximum Gasteiger partial charge on any atom is 0.419 e. The molecule has 20 heavy (non-hydrogen) atoms. The number of halogens is 1. The van der Waals surface area contributed by atoms with Crippen molar-refractivity contribution in [3.63, 3.8) is 0 Å². The molecule has 0 radical (unpaired) electrons. The van der Waals surface area contributed by atoms with E-state index < -0.39 is 0 Å². The summed E-state index contributed by atoms with van der Waals surface area (Å²) in [6, 6.07) is 13.5. The van der Waals surface area contributed by atoms with Crippen molar-refractivity contribution >= 4 is 33.7 Å². The van der Waals surface area contributed by atoms with Crippen LogP contribution in [0.25, 0.3) is 11.1 Å². The molecule has 0 saturated heterocycles. The Hall–Kier alpha value is -1.60. The molecule has 2 aromatic carbocycles. The zero-order valence-corrected chi connectivity index (χ0v) is 13.0. The topological polar surface area (TPSA) is 61.2 Å². The summed E-state index contributed by atoms with van der Waals surface area (Å²) < 4.78 is 7.82. The first-order valence-electron chi connectivity index (χ1n) is 6.17. The van der Waals surface area contributed by atoms with Crippen molar-refractivity contribution in [1.82, 2.24) is 4.57 Å². The van der Waals surface area contributed by atoms with Crippen LogP contribution in [-0.2, 0) is 7.05 Å². The molecule has 1 unspecified atom stereocenters. The first-order chi connectivity index (χ1) is 9.56. The van der Waals surface area contributed by atoms with Gasteiger partial charge in [0.15, 0.2) is 5.58 Å². The Morgan fingerprint density at radius 1 is 1.20 bits per heavy atom. The summed E-state index contributed by atoms with van der Waals surface area (Å²) in [6.45, 7) is 0. The summed E-state index contributed by atoms with van der Waals surface area (Å²) >= 11 is 2.26. The summed E-state index contributed by atoms with van der Waals surface area (Å²) in [4.78, 5) is 11.5. The zero-order valence-electron chi connectivity index (χ0n) is 10.8. The van der Waals surface area contributed by atoms with Crippen LogP contribution in [0.1, 0.15) is 17.2 Å². The minimum absolute atomic E-state index is 0.236. The van der Waals surface area contributed by atoms with Gasteiger partial charge < -0.3 is 10.2 Å². The Balaban J connectivity index is 2.08. The Bertz CT molecular complexity index is 835. The number of oxazole rings is 1. The highest BCUT2D eigenvalue weighted by molar-refractivity contribution is 14.1. The van der Waals surface area contributed by atoms with Gasteiger partial charge in [-0.15, -0.1) is 0 Å². The molecule has 0 aliphatic rings. The lowest BCUT2D eigenvalue weighted by molar-refractivity contribution is 0.527. The van der Waals surface area contributed by atoms with E-state index in [1.54, 1.807) is 7.05 Å². The molecule has 2 N–H and O–H groups in total. The fourth-order valence-corrected chi connectivity index (χ4v) is 2.80. The monoisotopic (exact) mass is 380 g/mol. The van der Waals surface area contributed by atoms with E-state index in [9.17, 15) is 4.79 Å². The lowest BCUT2D eigenvalue weighted by atomic mass is 9.99. The van der Waals surface area contributed by atoms with Crippen LogP contribution in [0.2, 0.25) is 0 Å². The normalized spacial score (nSPS) is 12.8. The van der Waals surface area contributed by atoms with E-state index in [2.05, 4.69) is 28.7 Å². The molecule has 0 aliphatic heterocycles. The average molecular weight is 380 g/mol. The fraction of sp³-hybridized carbons (Fsp3) is 0.133. The first kappa shape index (κ1) is 13.4. The molecule has 0 bridgehead atoms. The molecular weight excluding hydrogens is 367 g/mol. The number of benzene rings is 2. The molecule has 1 atom stereocenters. The van der Waals surface area contributed by atoms with Crippen molar-refractivity contribution in [1.29, 1.82) is 0 Å². The van der Waals surface area contributed by atoms with Crippen LogP contribution in [0, 0.1) is 3.57 Å². The maximum absolute atomic E-state index is 11.5. The highest BCUT2D eigenvalue weighted by Gasteiger charge is 2.12. The van der Waals surface area contributed by atoms with E-state index in [-0.39, 0.29) is 11.8 Å². The molecular formula is C15H13IN2O2. The van der Waals surface area contributed by atoms with E-state index in [4.69, 9.17) is 10.2 Å². The van der Waals surface area contributed by atoms with E-state index in [0.717, 1.165) is 20.2 Å². The Labute approximate surface area is 129 Å². The lowest BCUT2D eigenvalue weighted by Gasteiger charge is -2.12. The Morgan fingerprint density at radius 3 is 2.70 bits per heavy atom. The van der Waals surface area contributed by atoms with Crippen molar-refractivity contribution in [2.24, 2.45) is 12.8 Å². The quantitative estimate of drug-likeness (QED) is 0.696. The second kappa shape index (κ2) is 5.06. The molecule has 0 spiro atoms. The third-order valence-electron chi connectivity index (χ3n) is 3.38. The first-order valence-corrected chi connectivity index (χ1v) is 7.24. The van der Waals surface area contributed by atoms with Crippen molar-refractivity contribution in [2.75, 3.05) is 0 Å². The number of hydrogen-bond donors (Lipinski definition) is 1. The van der Waals surface area contributed by atoms with Crippen molar-refractivity contribution in [3.05, 3.63) is 67.7 Å². The molecule has 0 saturated carbocycles. The molecule has 0 aliphatic carbocycles. The van der Waals surface area contributed by atoms with Gasteiger partial charge >= 0.3 is 5.76 Å². The maximum atomic E-state index is 11.5. The Morgan fingerprint density at radius 2 is 1.95 bits per heavy atom. The highest BCUT2D eigenvalue weighted by atomic mass is 127. The number of nitrogens with two attached hydrogens (primary N) is 1. The van der Waals surface area contributed by atoms with Crippen LogP contribution in [-0.4, -0.2) is 4.57 Å². The molecule has 1 heterocycles. The molecule has 3 rings (SSSR count). The number of aromatic nitrogens is 1. The van der Waals surface area contributed by atoms with Gasteiger partial charge in [-0.05, 0) is 58.0 Å². The van der Waals surface area contributed by atoms with E-state index in [1.807, 2.05) is 36.4 Å². The SMILES string of the molecule is Cn1c(=O)oc2cc(C(N)c3cccc(I)c3)ccc21. The van der Waals surface area contributed by atoms with Gasteiger partial charge in [-0.2, -0.15) is 0 Å². The van der Waals surface area contributed by atoms with E-state index in [1.165, 1.54) is 4.57 Å². The van der Waals surface area contributed by atoms with Gasteiger partial charge in [0, 0.05) is 10.6 Å². The third-order valence-corrected chi connectivity index (χ3v) is 4.05. The second-order valence-corrected chi connectivity index (χ2v) is 5.93. The predicted molar refractivity (Wildman–Crippen MR) is 86.6 cm³/mol. The molecule has 4 nitrogen and oxygen atoms in total. The predicted octanol–water partition coefficient (Wildman–Crippen LogP) is 2.78. The van der Waals surface area contributed by atoms with Crippen LogP contribution in [0.5, 0.6) is 0 Å². The van der Waals surface area contributed by atoms with Crippen LogP contribution < -0.4 is 11.5 Å². The highest BCUT2D eigenvalue weighted by Crippen LogP contribution is 2.24. The van der Waals surface area contributed by atoms with Gasteiger partial charge in [0.25, 0.3) is 0 Å². The molecule has 0 fully saturated rings. The van der Waals surface area contributed by atoms with Gasteiger partial charge in [-0.25, -0.2) is 4.79 Å². The van der Waals surface area contributed by atoms with Crippen LogP contribution in [0.15, 0.2) is 51.7 Å². The molecule has 1 aromatic heterocycles. The van der Waals surface area contributed by atoms with Crippen LogP contribution in [0.3, 0.4) is 0 Å². The summed E-state index contributed by atoms with van der Waals surface area (Å²) in [5.41, 5.74) is 9.59. The number of rotatable bonds is 2. The van der Waals surface area contributed by atoms with Crippen molar-refractivity contribution < 1.29 is 4.42 Å². The molecule has 102 valence electrons. The average Bonchev–Trinajstić information content (AvgIpc) is 2.73. The summed E-state index contributed by atoms with van der Waals surface area (Å²) in [5, 5.41) is 0. The molecule has 5 heteroatoms. The second-order valence-electron chi connectivity index (χ2n) is 4.69. The minimum Gasteiger partial charge on any atom is -0.408 e. The van der Waals surface area contributed by atoms with Gasteiger partial charge in [0.2, 0.25) is 0 Å². The number of nitrogens with zero attached hydrogens (tertiary/aromatic N) is 1. The zero-order chi connectivity index (χ0) is 14.3. The molecule has 0 amide bonds. The lowest BCUT2D eigenvalue weighted by Crippen LogP contribution is -2.12. The van der Waals surface area contributed by atoms with E-state index in [0.29, 0.717) is 5.58 Å². The number of hydrogen-bond acceptors (Lipinski definition) is 3. The minimum atomic E-state index is -0.361. The number of fused-ring (bicyclic) bond motifs is 1. The van der Waals surface area contributed by atoms with Gasteiger partial charge in [-0.3, -0.25) is 4.57 Å². The summed E-state index contributed by atoms with van der Waals surface area (Å²) in [6.07, 6.45) is 0. The van der Waals surface area contributed by atoms with Crippen molar-refractivity contribution in [3.8, 4) is 0 Å². The van der Waals surface area contributed by atoms with Gasteiger partial charge in [-0.1, -0.05) is 18.2 Å². The summed E-state index contributed by atoms with van der Waals surface area (Å²) in [5.74, 6) is -0.361. The Kier molecular flexibility index (Phi) is 3.39.